The van der Waals surface area contributed by atoms with Gasteiger partial charge in [0, 0.05) is 4.57 Å². The van der Waals surface area contributed by atoms with Crippen LogP contribution in [0.2, 0.25) is 0 Å². The standard InChI is InChI=1S/C17H19N5O6P/c1-9(27-29(25)28-10-5-3-2-4-6-10)14-12(23)13(24)17(26-14)22-8-21-11-15(18)19-7-20-16(11)22/h2-9,12-14,17,23-24H,1H3,(H2,18,19,20)/q+1. The van der Waals surface area contributed by atoms with Crippen molar-refractivity contribution in [3.63, 3.8) is 0 Å². The minimum Gasteiger partial charge on any atom is -0.387 e. The molecule has 1 fully saturated rings. The molecule has 152 valence electrons. The van der Waals surface area contributed by atoms with Crippen LogP contribution >= 0.6 is 8.25 Å². The second-order valence-electron chi connectivity index (χ2n) is 6.49. The van der Waals surface area contributed by atoms with Gasteiger partial charge in [0.25, 0.3) is 0 Å². The molecule has 3 heterocycles. The Morgan fingerprint density at radius 2 is 1.97 bits per heavy atom. The molecular formula is C17H19N5O6P+. The fraction of sp³-hybridized carbons (Fsp3) is 0.353. The fourth-order valence-electron chi connectivity index (χ4n) is 3.14. The van der Waals surface area contributed by atoms with Crippen LogP contribution in [0.4, 0.5) is 5.82 Å². The highest BCUT2D eigenvalue weighted by atomic mass is 31.1. The molecule has 29 heavy (non-hydrogen) atoms. The summed E-state index contributed by atoms with van der Waals surface area (Å²) in [6.45, 7) is 1.57. The van der Waals surface area contributed by atoms with Crippen molar-refractivity contribution in [2.75, 3.05) is 5.73 Å². The minimum absolute atomic E-state index is 0.185. The van der Waals surface area contributed by atoms with Gasteiger partial charge in [-0.1, -0.05) is 18.2 Å². The molecule has 0 saturated carbocycles. The molecule has 11 nitrogen and oxygen atoms in total. The topological polar surface area (TPSA) is 155 Å². The minimum atomic E-state index is -2.52. The molecule has 3 aromatic rings. The van der Waals surface area contributed by atoms with Crippen LogP contribution in [0.15, 0.2) is 43.0 Å². The molecule has 1 aromatic carbocycles. The van der Waals surface area contributed by atoms with Crippen LogP contribution in [-0.2, 0) is 13.8 Å². The Morgan fingerprint density at radius 3 is 2.72 bits per heavy atom. The van der Waals surface area contributed by atoms with E-state index in [1.807, 2.05) is 0 Å². The van der Waals surface area contributed by atoms with Gasteiger partial charge < -0.3 is 20.7 Å². The Kier molecular flexibility index (Phi) is 5.39. The number of nitrogens with two attached hydrogens (primary N) is 1. The van der Waals surface area contributed by atoms with E-state index in [4.69, 9.17) is 19.5 Å². The van der Waals surface area contributed by atoms with E-state index in [-0.39, 0.29) is 5.82 Å². The van der Waals surface area contributed by atoms with Crippen LogP contribution in [0.5, 0.6) is 5.75 Å². The van der Waals surface area contributed by atoms with E-state index in [2.05, 4.69) is 15.0 Å². The van der Waals surface area contributed by atoms with Gasteiger partial charge in [-0.05, 0) is 19.1 Å². The Hall–Kier alpha value is -2.69. The summed E-state index contributed by atoms with van der Waals surface area (Å²) in [6.07, 6.45) is -2.74. The van der Waals surface area contributed by atoms with Crippen LogP contribution in [-0.4, -0.2) is 54.1 Å². The highest BCUT2D eigenvalue weighted by Crippen LogP contribution is 2.37. The van der Waals surface area contributed by atoms with Gasteiger partial charge in [-0.2, -0.15) is 0 Å². The average molecular weight is 420 g/mol. The summed E-state index contributed by atoms with van der Waals surface area (Å²) in [4.78, 5) is 12.1. The third-order valence-electron chi connectivity index (χ3n) is 4.57. The van der Waals surface area contributed by atoms with Gasteiger partial charge >= 0.3 is 8.25 Å². The quantitative estimate of drug-likeness (QED) is 0.495. The van der Waals surface area contributed by atoms with Crippen molar-refractivity contribution in [2.24, 2.45) is 0 Å². The average Bonchev–Trinajstić information content (AvgIpc) is 3.25. The largest absolute Gasteiger partial charge is 0.750 e. The lowest BCUT2D eigenvalue weighted by molar-refractivity contribution is -0.0707. The molecule has 1 aliphatic heterocycles. The fourth-order valence-corrected chi connectivity index (χ4v) is 3.87. The zero-order valence-corrected chi connectivity index (χ0v) is 16.2. The molecule has 6 unspecified atom stereocenters. The molecule has 2 aromatic heterocycles. The third-order valence-corrected chi connectivity index (χ3v) is 5.44. The first-order valence-electron chi connectivity index (χ1n) is 8.77. The molecule has 1 saturated heterocycles. The monoisotopic (exact) mass is 420 g/mol. The highest BCUT2D eigenvalue weighted by molar-refractivity contribution is 7.33. The van der Waals surface area contributed by atoms with Crippen LogP contribution in [0.1, 0.15) is 13.2 Å². The van der Waals surface area contributed by atoms with Crippen molar-refractivity contribution in [2.45, 2.75) is 37.6 Å². The normalized spacial score (nSPS) is 25.8. The van der Waals surface area contributed by atoms with Gasteiger partial charge in [0.1, 0.15) is 36.3 Å². The smallest absolute Gasteiger partial charge is 0.387 e. The van der Waals surface area contributed by atoms with Gasteiger partial charge in [-0.25, -0.2) is 19.5 Å². The molecule has 0 radical (unpaired) electrons. The predicted molar refractivity (Wildman–Crippen MR) is 101 cm³/mol. The number of nitrogen functional groups attached to an aromatic ring is 1. The molecule has 0 amide bonds. The van der Waals surface area contributed by atoms with Gasteiger partial charge in [0.15, 0.2) is 23.4 Å². The summed E-state index contributed by atoms with van der Waals surface area (Å²) in [7, 11) is -2.52. The first-order valence-corrected chi connectivity index (χ1v) is 9.87. The molecule has 1 aliphatic rings. The molecule has 0 aliphatic carbocycles. The van der Waals surface area contributed by atoms with Crippen molar-refractivity contribution in [1.29, 1.82) is 0 Å². The number of hydrogen-bond donors (Lipinski definition) is 3. The number of nitrogens with zero attached hydrogens (tertiary/aromatic N) is 4. The lowest BCUT2D eigenvalue weighted by Crippen LogP contribution is -2.37. The number of aromatic nitrogens is 4. The van der Waals surface area contributed by atoms with Crippen LogP contribution in [0, 0.1) is 0 Å². The van der Waals surface area contributed by atoms with Gasteiger partial charge in [-0.15, -0.1) is 4.52 Å². The number of aliphatic hydroxyl groups excluding tert-OH is 2. The van der Waals surface area contributed by atoms with Crippen LogP contribution < -0.4 is 10.3 Å². The number of rotatable bonds is 6. The summed E-state index contributed by atoms with van der Waals surface area (Å²) in [5.74, 6) is 0.568. The maximum absolute atomic E-state index is 12.1. The maximum Gasteiger partial charge on any atom is 0.750 e. The summed E-state index contributed by atoms with van der Waals surface area (Å²) in [5, 5.41) is 20.9. The maximum atomic E-state index is 12.1. The molecule has 6 atom stereocenters. The summed E-state index contributed by atoms with van der Waals surface area (Å²) < 4.78 is 30.0. The summed E-state index contributed by atoms with van der Waals surface area (Å²) >= 11 is 0. The summed E-state index contributed by atoms with van der Waals surface area (Å²) in [5.41, 5.74) is 6.48. The van der Waals surface area contributed by atoms with E-state index >= 15 is 0 Å². The van der Waals surface area contributed by atoms with Crippen molar-refractivity contribution in [3.05, 3.63) is 43.0 Å². The Balaban J connectivity index is 1.48. The lowest BCUT2D eigenvalue weighted by Gasteiger charge is -2.17. The SMILES string of the molecule is CC(O[P+](=O)Oc1ccccc1)C1OC(n2cnc3c(N)ncnc32)C(O)C1O. The number of hydrogen-bond acceptors (Lipinski definition) is 10. The second-order valence-corrected chi connectivity index (χ2v) is 7.33. The Labute approximate surface area is 166 Å². The van der Waals surface area contributed by atoms with Crippen molar-refractivity contribution in [3.8, 4) is 5.75 Å². The van der Waals surface area contributed by atoms with Crippen LogP contribution in [0.3, 0.4) is 0 Å². The zero-order chi connectivity index (χ0) is 20.5. The van der Waals surface area contributed by atoms with Gasteiger partial charge in [0.2, 0.25) is 0 Å². The molecule has 4 N–H and O–H groups in total. The number of aliphatic hydroxyl groups is 2. The number of anilines is 1. The lowest BCUT2D eigenvalue weighted by atomic mass is 10.1. The molecule has 12 heteroatoms. The second kappa shape index (κ2) is 7.97. The van der Waals surface area contributed by atoms with E-state index < -0.39 is 38.9 Å². The number of para-hydroxylation sites is 1. The van der Waals surface area contributed by atoms with E-state index in [1.54, 1.807) is 37.3 Å². The van der Waals surface area contributed by atoms with E-state index in [9.17, 15) is 14.8 Å². The van der Waals surface area contributed by atoms with Gasteiger partial charge in [-0.3, -0.25) is 4.57 Å². The van der Waals surface area contributed by atoms with Crippen LogP contribution in [0.25, 0.3) is 11.2 Å². The van der Waals surface area contributed by atoms with Crippen molar-refractivity contribution < 1.29 is 28.6 Å². The summed E-state index contributed by atoms with van der Waals surface area (Å²) in [6, 6.07) is 8.54. The number of benzene rings is 1. The van der Waals surface area contributed by atoms with Crippen molar-refractivity contribution >= 4 is 25.2 Å². The van der Waals surface area contributed by atoms with E-state index in [0.717, 1.165) is 0 Å². The first kappa shape index (κ1) is 19.6. The molecule has 4 rings (SSSR count). The Bertz CT molecular complexity index is 1020. The number of fused-ring (bicyclic) bond motifs is 1. The van der Waals surface area contributed by atoms with Crippen molar-refractivity contribution in [1.82, 2.24) is 19.5 Å². The Morgan fingerprint density at radius 1 is 1.21 bits per heavy atom. The first-order chi connectivity index (χ1) is 14.0. The predicted octanol–water partition coefficient (Wildman–Crippen LogP) is 1.17. The molecule has 0 bridgehead atoms. The zero-order valence-electron chi connectivity index (χ0n) is 15.3. The van der Waals surface area contributed by atoms with E-state index in [0.29, 0.717) is 16.9 Å². The number of imidazole rings is 1. The van der Waals surface area contributed by atoms with Gasteiger partial charge in [0.05, 0.1) is 6.33 Å². The van der Waals surface area contributed by atoms with E-state index in [1.165, 1.54) is 17.2 Å². The molecular weight excluding hydrogens is 401 g/mol. The number of ether oxygens (including phenoxy) is 1. The molecule has 0 spiro atoms. The third kappa shape index (κ3) is 3.78. The highest BCUT2D eigenvalue weighted by Gasteiger charge is 2.49.